The van der Waals surface area contributed by atoms with E-state index in [4.69, 9.17) is 5.73 Å². The van der Waals surface area contributed by atoms with Gasteiger partial charge in [-0.3, -0.25) is 4.79 Å². The molecule has 1 aromatic rings. The zero-order chi connectivity index (χ0) is 12.4. The van der Waals surface area contributed by atoms with Gasteiger partial charge in [-0.15, -0.1) is 11.3 Å². The zero-order valence-corrected chi connectivity index (χ0v) is 12.3. The van der Waals surface area contributed by atoms with Crippen LogP contribution in [0.25, 0.3) is 0 Å². The number of thiophene rings is 1. The Morgan fingerprint density at radius 3 is 3.06 bits per heavy atom. The van der Waals surface area contributed by atoms with Gasteiger partial charge in [0.15, 0.2) is 0 Å². The van der Waals surface area contributed by atoms with E-state index < -0.39 is 0 Å². The first-order valence-corrected chi connectivity index (χ1v) is 7.52. The van der Waals surface area contributed by atoms with E-state index in [1.807, 2.05) is 16.3 Å². The fourth-order valence-corrected chi connectivity index (χ4v) is 3.38. The van der Waals surface area contributed by atoms with Crippen LogP contribution in [0.1, 0.15) is 23.7 Å². The third-order valence-corrected chi connectivity index (χ3v) is 5.02. The second-order valence-corrected chi connectivity index (χ2v) is 6.94. The highest BCUT2D eigenvalue weighted by Gasteiger charge is 2.28. The van der Waals surface area contributed by atoms with Crippen molar-refractivity contribution in [2.24, 2.45) is 17.6 Å². The maximum absolute atomic E-state index is 12.3. The van der Waals surface area contributed by atoms with Crippen molar-refractivity contribution in [3.63, 3.8) is 0 Å². The van der Waals surface area contributed by atoms with Crippen LogP contribution in [0.3, 0.4) is 0 Å². The molecule has 2 N–H and O–H groups in total. The van der Waals surface area contributed by atoms with Gasteiger partial charge in [-0.1, -0.05) is 6.92 Å². The number of hydrogen-bond acceptors (Lipinski definition) is 3. The van der Waals surface area contributed by atoms with E-state index in [0.29, 0.717) is 18.4 Å². The molecule has 2 atom stereocenters. The molecule has 5 heteroatoms. The van der Waals surface area contributed by atoms with Gasteiger partial charge in [-0.2, -0.15) is 0 Å². The van der Waals surface area contributed by atoms with Gasteiger partial charge in [-0.05, 0) is 46.8 Å². The SMILES string of the molecule is CC1CCN(C(=O)c2csc(Br)c2)CC1CN. The number of carbonyl (C=O) groups excluding carboxylic acids is 1. The van der Waals surface area contributed by atoms with Crippen LogP contribution in [0, 0.1) is 11.8 Å². The minimum absolute atomic E-state index is 0.136. The monoisotopic (exact) mass is 316 g/mol. The van der Waals surface area contributed by atoms with Crippen molar-refractivity contribution in [1.82, 2.24) is 4.90 Å². The van der Waals surface area contributed by atoms with E-state index in [1.54, 1.807) is 11.3 Å². The van der Waals surface area contributed by atoms with Gasteiger partial charge in [-0.25, -0.2) is 0 Å². The Morgan fingerprint density at radius 2 is 2.47 bits per heavy atom. The van der Waals surface area contributed by atoms with Gasteiger partial charge in [0, 0.05) is 18.5 Å². The summed E-state index contributed by atoms with van der Waals surface area (Å²) in [6.07, 6.45) is 1.05. The van der Waals surface area contributed by atoms with Gasteiger partial charge >= 0.3 is 0 Å². The largest absolute Gasteiger partial charge is 0.338 e. The van der Waals surface area contributed by atoms with E-state index in [-0.39, 0.29) is 5.91 Å². The molecule has 1 aromatic heterocycles. The van der Waals surface area contributed by atoms with Crippen LogP contribution in [0.15, 0.2) is 15.2 Å². The highest BCUT2D eigenvalue weighted by molar-refractivity contribution is 9.11. The molecule has 0 aliphatic carbocycles. The maximum atomic E-state index is 12.3. The van der Waals surface area contributed by atoms with E-state index in [2.05, 4.69) is 22.9 Å². The van der Waals surface area contributed by atoms with E-state index >= 15 is 0 Å². The molecule has 17 heavy (non-hydrogen) atoms. The van der Waals surface area contributed by atoms with Crippen LogP contribution < -0.4 is 5.73 Å². The Kier molecular flexibility index (Phi) is 4.22. The Morgan fingerprint density at radius 1 is 1.71 bits per heavy atom. The molecule has 2 heterocycles. The Labute approximate surface area is 114 Å². The predicted molar refractivity (Wildman–Crippen MR) is 74.2 cm³/mol. The lowest BCUT2D eigenvalue weighted by molar-refractivity contribution is 0.0619. The summed E-state index contributed by atoms with van der Waals surface area (Å²) in [5, 5.41) is 1.90. The number of likely N-dealkylation sites (tertiary alicyclic amines) is 1. The smallest absolute Gasteiger partial charge is 0.254 e. The van der Waals surface area contributed by atoms with Crippen LogP contribution in [-0.2, 0) is 0 Å². The van der Waals surface area contributed by atoms with Crippen molar-refractivity contribution in [3.05, 3.63) is 20.8 Å². The van der Waals surface area contributed by atoms with Crippen molar-refractivity contribution in [2.75, 3.05) is 19.6 Å². The van der Waals surface area contributed by atoms with Crippen LogP contribution in [0.5, 0.6) is 0 Å². The molecule has 0 radical (unpaired) electrons. The lowest BCUT2D eigenvalue weighted by Gasteiger charge is -2.36. The number of piperidine rings is 1. The normalized spacial score (nSPS) is 25.0. The van der Waals surface area contributed by atoms with Crippen molar-refractivity contribution < 1.29 is 4.79 Å². The fourth-order valence-electron chi connectivity index (χ4n) is 2.25. The minimum atomic E-state index is 0.136. The van der Waals surface area contributed by atoms with Crippen LogP contribution in [-0.4, -0.2) is 30.4 Å². The average Bonchev–Trinajstić information content (AvgIpc) is 2.75. The number of hydrogen-bond donors (Lipinski definition) is 1. The lowest BCUT2D eigenvalue weighted by atomic mass is 9.87. The molecule has 0 saturated carbocycles. The Hall–Kier alpha value is -0.390. The molecular weight excluding hydrogens is 300 g/mol. The number of nitrogens with two attached hydrogens (primary N) is 1. The summed E-state index contributed by atoms with van der Waals surface area (Å²) >= 11 is 4.94. The first kappa shape index (κ1) is 13.1. The summed E-state index contributed by atoms with van der Waals surface area (Å²) in [7, 11) is 0. The van der Waals surface area contributed by atoms with E-state index in [9.17, 15) is 4.79 Å². The Balaban J connectivity index is 2.05. The number of halogens is 1. The molecule has 2 unspecified atom stereocenters. The van der Waals surface area contributed by atoms with Gasteiger partial charge in [0.05, 0.1) is 9.35 Å². The molecule has 2 rings (SSSR count). The van der Waals surface area contributed by atoms with Gasteiger partial charge < -0.3 is 10.6 Å². The molecule has 1 aliphatic heterocycles. The first-order valence-electron chi connectivity index (χ1n) is 5.85. The molecule has 3 nitrogen and oxygen atoms in total. The summed E-state index contributed by atoms with van der Waals surface area (Å²) in [6.45, 7) is 4.53. The molecule has 1 aliphatic rings. The van der Waals surface area contributed by atoms with Gasteiger partial charge in [0.2, 0.25) is 0 Å². The summed E-state index contributed by atoms with van der Waals surface area (Å²) in [5.74, 6) is 1.20. The molecule has 1 fully saturated rings. The third kappa shape index (κ3) is 2.89. The van der Waals surface area contributed by atoms with Crippen molar-refractivity contribution in [2.45, 2.75) is 13.3 Å². The van der Waals surface area contributed by atoms with Gasteiger partial charge in [0.1, 0.15) is 0 Å². The molecule has 1 amide bonds. The van der Waals surface area contributed by atoms with Crippen LogP contribution in [0.2, 0.25) is 0 Å². The molecule has 0 spiro atoms. The first-order chi connectivity index (χ1) is 8.11. The third-order valence-electron chi connectivity index (χ3n) is 3.52. The summed E-state index contributed by atoms with van der Waals surface area (Å²) in [6, 6.07) is 1.89. The van der Waals surface area contributed by atoms with Crippen molar-refractivity contribution >= 4 is 33.2 Å². The quantitative estimate of drug-likeness (QED) is 0.911. The highest BCUT2D eigenvalue weighted by atomic mass is 79.9. The number of carbonyl (C=O) groups is 1. The molecule has 1 saturated heterocycles. The standard InChI is InChI=1S/C12H17BrN2OS/c1-8-2-3-15(6-10(8)5-14)12(16)9-4-11(13)17-7-9/h4,7-8,10H,2-3,5-6,14H2,1H3. The number of nitrogens with zero attached hydrogens (tertiary/aromatic N) is 1. The highest BCUT2D eigenvalue weighted by Crippen LogP contribution is 2.26. The van der Waals surface area contributed by atoms with Gasteiger partial charge in [0.25, 0.3) is 5.91 Å². The zero-order valence-electron chi connectivity index (χ0n) is 9.86. The number of rotatable bonds is 2. The molecule has 0 bridgehead atoms. The summed E-state index contributed by atoms with van der Waals surface area (Å²) in [4.78, 5) is 14.2. The summed E-state index contributed by atoms with van der Waals surface area (Å²) < 4.78 is 1.00. The Bertz CT molecular complexity index is 407. The average molecular weight is 317 g/mol. The molecule has 94 valence electrons. The second kappa shape index (κ2) is 5.50. The maximum Gasteiger partial charge on any atom is 0.254 e. The lowest BCUT2D eigenvalue weighted by Crippen LogP contribution is -2.45. The van der Waals surface area contributed by atoms with Crippen LogP contribution in [0.4, 0.5) is 0 Å². The molecular formula is C12H17BrN2OS. The predicted octanol–water partition coefficient (Wildman–Crippen LogP) is 2.57. The second-order valence-electron chi connectivity index (χ2n) is 4.65. The molecule has 0 aromatic carbocycles. The van der Waals surface area contributed by atoms with Crippen molar-refractivity contribution in [3.8, 4) is 0 Å². The van der Waals surface area contributed by atoms with Crippen molar-refractivity contribution in [1.29, 1.82) is 0 Å². The fraction of sp³-hybridized carbons (Fsp3) is 0.583. The topological polar surface area (TPSA) is 46.3 Å². The van der Waals surface area contributed by atoms with Crippen LogP contribution >= 0.6 is 27.3 Å². The summed E-state index contributed by atoms with van der Waals surface area (Å²) in [5.41, 5.74) is 6.54. The minimum Gasteiger partial charge on any atom is -0.338 e. The van der Waals surface area contributed by atoms with E-state index in [0.717, 1.165) is 28.9 Å². The van der Waals surface area contributed by atoms with E-state index in [1.165, 1.54) is 0 Å². The number of amides is 1.